The van der Waals surface area contributed by atoms with Gasteiger partial charge >= 0.3 is 12.0 Å². The monoisotopic (exact) mass is 312 g/mol. The maximum absolute atomic E-state index is 11.9. The lowest BCUT2D eigenvalue weighted by Crippen LogP contribution is -2.40. The second-order valence-electron chi connectivity index (χ2n) is 5.10. The minimum Gasteiger partial charge on any atom is -0.469 e. The number of rotatable bonds is 6. The summed E-state index contributed by atoms with van der Waals surface area (Å²) in [4.78, 5) is 23.4. The maximum atomic E-state index is 11.9. The fraction of sp³-hybridized carbons (Fsp3) is 0.467. The van der Waals surface area contributed by atoms with Gasteiger partial charge in [0, 0.05) is 11.6 Å². The fourth-order valence-electron chi connectivity index (χ4n) is 1.75. The lowest BCUT2D eigenvalue weighted by molar-refractivity contribution is -0.141. The van der Waals surface area contributed by atoms with Crippen LogP contribution in [-0.4, -0.2) is 25.7 Å². The zero-order valence-corrected chi connectivity index (χ0v) is 13.2. The van der Waals surface area contributed by atoms with Crippen molar-refractivity contribution in [1.29, 1.82) is 0 Å². The first-order valence-corrected chi connectivity index (χ1v) is 7.17. The number of carbonyl (C=O) groups is 2. The molecule has 21 heavy (non-hydrogen) atoms. The topological polar surface area (TPSA) is 67.4 Å². The second kappa shape index (κ2) is 8.52. The molecule has 0 saturated heterocycles. The standard InChI is InChI=1S/C15H21ClN2O3/c1-10(2)9-17-15(20)18-13(8-14(19)21-3)11-6-4-5-7-12(11)16/h4-7,10,13H,8-9H2,1-3H3,(H2,17,18,20)/t13-/m0/s1. The molecular formula is C15H21ClN2O3. The Kier molecular flexibility index (Phi) is 7.02. The largest absolute Gasteiger partial charge is 0.469 e. The van der Waals surface area contributed by atoms with E-state index < -0.39 is 12.0 Å². The number of amides is 2. The lowest BCUT2D eigenvalue weighted by atomic mass is 10.0. The molecule has 0 bridgehead atoms. The molecule has 1 aromatic carbocycles. The van der Waals surface area contributed by atoms with E-state index >= 15 is 0 Å². The van der Waals surface area contributed by atoms with Gasteiger partial charge in [-0.05, 0) is 17.5 Å². The third-order valence-corrected chi connectivity index (χ3v) is 3.20. The van der Waals surface area contributed by atoms with Crippen molar-refractivity contribution in [2.75, 3.05) is 13.7 Å². The molecule has 0 aliphatic rings. The highest BCUT2D eigenvalue weighted by atomic mass is 35.5. The van der Waals surface area contributed by atoms with E-state index in [0.717, 1.165) is 0 Å². The van der Waals surface area contributed by atoms with Gasteiger partial charge < -0.3 is 15.4 Å². The van der Waals surface area contributed by atoms with Gasteiger partial charge in [-0.15, -0.1) is 0 Å². The Labute approximate surface area is 130 Å². The molecule has 0 fully saturated rings. The summed E-state index contributed by atoms with van der Waals surface area (Å²) in [6.07, 6.45) is 0.0231. The molecule has 5 nitrogen and oxygen atoms in total. The molecule has 0 aliphatic heterocycles. The summed E-state index contributed by atoms with van der Waals surface area (Å²) < 4.78 is 4.67. The van der Waals surface area contributed by atoms with E-state index in [2.05, 4.69) is 15.4 Å². The summed E-state index contributed by atoms with van der Waals surface area (Å²) in [5.74, 6) is -0.0702. The molecule has 1 aromatic rings. The Morgan fingerprint density at radius 2 is 1.95 bits per heavy atom. The molecule has 2 amide bonds. The van der Waals surface area contributed by atoms with Crippen LogP contribution in [0.1, 0.15) is 31.9 Å². The summed E-state index contributed by atoms with van der Waals surface area (Å²) in [6, 6.07) is 6.22. The number of nitrogens with one attached hydrogen (secondary N) is 2. The minimum absolute atomic E-state index is 0.0231. The number of methoxy groups -OCH3 is 1. The van der Waals surface area contributed by atoms with Crippen LogP contribution in [0.15, 0.2) is 24.3 Å². The molecule has 0 heterocycles. The van der Waals surface area contributed by atoms with E-state index in [9.17, 15) is 9.59 Å². The van der Waals surface area contributed by atoms with Gasteiger partial charge in [0.15, 0.2) is 0 Å². The predicted octanol–water partition coefficient (Wildman–Crippen LogP) is 2.90. The molecule has 1 atom stereocenters. The first-order chi connectivity index (χ1) is 9.93. The van der Waals surface area contributed by atoms with Crippen LogP contribution in [-0.2, 0) is 9.53 Å². The van der Waals surface area contributed by atoms with Crippen LogP contribution in [0, 0.1) is 5.92 Å². The number of hydrogen-bond acceptors (Lipinski definition) is 3. The number of urea groups is 1. The zero-order chi connectivity index (χ0) is 15.8. The van der Waals surface area contributed by atoms with Gasteiger partial charge in [-0.1, -0.05) is 43.6 Å². The van der Waals surface area contributed by atoms with Gasteiger partial charge in [0.25, 0.3) is 0 Å². The van der Waals surface area contributed by atoms with Crippen molar-refractivity contribution in [2.24, 2.45) is 5.92 Å². The quantitative estimate of drug-likeness (QED) is 0.794. The first kappa shape index (κ1) is 17.3. The average Bonchev–Trinajstić information content (AvgIpc) is 2.44. The normalized spacial score (nSPS) is 11.9. The van der Waals surface area contributed by atoms with E-state index in [4.69, 9.17) is 11.6 Å². The number of hydrogen-bond donors (Lipinski definition) is 2. The van der Waals surface area contributed by atoms with Crippen LogP contribution in [0.5, 0.6) is 0 Å². The minimum atomic E-state index is -0.529. The van der Waals surface area contributed by atoms with Crippen LogP contribution in [0.4, 0.5) is 4.79 Å². The van der Waals surface area contributed by atoms with E-state index in [-0.39, 0.29) is 12.5 Å². The van der Waals surface area contributed by atoms with Crippen molar-refractivity contribution in [3.63, 3.8) is 0 Å². The summed E-state index contributed by atoms with van der Waals surface area (Å²) in [7, 11) is 1.31. The predicted molar refractivity (Wildman–Crippen MR) is 82.2 cm³/mol. The molecule has 0 aliphatic carbocycles. The third-order valence-electron chi connectivity index (χ3n) is 2.86. The fourth-order valence-corrected chi connectivity index (χ4v) is 2.02. The van der Waals surface area contributed by atoms with Crippen molar-refractivity contribution in [2.45, 2.75) is 26.3 Å². The van der Waals surface area contributed by atoms with Crippen LogP contribution >= 0.6 is 11.6 Å². The number of benzene rings is 1. The average molecular weight is 313 g/mol. The molecular weight excluding hydrogens is 292 g/mol. The van der Waals surface area contributed by atoms with E-state index in [0.29, 0.717) is 23.0 Å². The molecule has 116 valence electrons. The first-order valence-electron chi connectivity index (χ1n) is 6.79. The Morgan fingerprint density at radius 3 is 2.52 bits per heavy atom. The lowest BCUT2D eigenvalue weighted by Gasteiger charge is -2.20. The van der Waals surface area contributed by atoms with E-state index in [1.165, 1.54) is 7.11 Å². The van der Waals surface area contributed by atoms with Crippen molar-refractivity contribution >= 4 is 23.6 Å². The molecule has 0 spiro atoms. The summed E-state index contributed by atoms with van der Waals surface area (Å²) in [5.41, 5.74) is 0.685. The zero-order valence-electron chi connectivity index (χ0n) is 12.5. The maximum Gasteiger partial charge on any atom is 0.315 e. The van der Waals surface area contributed by atoms with E-state index in [1.54, 1.807) is 24.3 Å². The smallest absolute Gasteiger partial charge is 0.315 e. The number of halogens is 1. The summed E-state index contributed by atoms with van der Waals surface area (Å²) >= 11 is 6.13. The molecule has 0 aromatic heterocycles. The Morgan fingerprint density at radius 1 is 1.29 bits per heavy atom. The SMILES string of the molecule is COC(=O)C[C@H](NC(=O)NCC(C)C)c1ccccc1Cl. The number of carbonyl (C=O) groups excluding carboxylic acids is 2. The number of ether oxygens (including phenoxy) is 1. The molecule has 2 N–H and O–H groups in total. The van der Waals surface area contributed by atoms with Gasteiger partial charge in [-0.25, -0.2) is 4.79 Å². The summed E-state index contributed by atoms with van der Waals surface area (Å²) in [5, 5.41) is 6.00. The van der Waals surface area contributed by atoms with Crippen molar-refractivity contribution in [3.8, 4) is 0 Å². The highest BCUT2D eigenvalue weighted by molar-refractivity contribution is 6.31. The number of esters is 1. The molecule has 1 rings (SSSR count). The van der Waals surface area contributed by atoms with Crippen molar-refractivity contribution in [1.82, 2.24) is 10.6 Å². The summed E-state index contributed by atoms with van der Waals surface area (Å²) in [6.45, 7) is 4.56. The van der Waals surface area contributed by atoms with Crippen LogP contribution in [0.3, 0.4) is 0 Å². The van der Waals surface area contributed by atoms with Crippen LogP contribution in [0.2, 0.25) is 5.02 Å². The molecule has 0 saturated carbocycles. The van der Waals surface area contributed by atoms with Crippen LogP contribution in [0.25, 0.3) is 0 Å². The van der Waals surface area contributed by atoms with E-state index in [1.807, 2.05) is 13.8 Å². The highest BCUT2D eigenvalue weighted by Crippen LogP contribution is 2.25. The molecule has 6 heteroatoms. The van der Waals surface area contributed by atoms with Gasteiger partial charge in [0.05, 0.1) is 19.6 Å². The Bertz CT molecular complexity index is 492. The third kappa shape index (κ3) is 6.04. The van der Waals surface area contributed by atoms with Gasteiger partial charge in [-0.3, -0.25) is 4.79 Å². The van der Waals surface area contributed by atoms with Crippen LogP contribution < -0.4 is 10.6 Å². The van der Waals surface area contributed by atoms with Crippen molar-refractivity contribution in [3.05, 3.63) is 34.9 Å². The Hall–Kier alpha value is -1.75. The van der Waals surface area contributed by atoms with Gasteiger partial charge in [0.1, 0.15) is 0 Å². The highest BCUT2D eigenvalue weighted by Gasteiger charge is 2.20. The Balaban J connectivity index is 2.80. The molecule has 0 radical (unpaired) electrons. The van der Waals surface area contributed by atoms with Gasteiger partial charge in [-0.2, -0.15) is 0 Å². The van der Waals surface area contributed by atoms with Gasteiger partial charge in [0.2, 0.25) is 0 Å². The molecule has 0 unspecified atom stereocenters. The second-order valence-corrected chi connectivity index (χ2v) is 5.51. The van der Waals surface area contributed by atoms with Crippen molar-refractivity contribution < 1.29 is 14.3 Å².